The van der Waals surface area contributed by atoms with E-state index < -0.39 is 0 Å². The van der Waals surface area contributed by atoms with Crippen molar-refractivity contribution in [2.75, 3.05) is 22.1 Å². The molecule has 2 aromatic heterocycles. The average Bonchev–Trinajstić information content (AvgIpc) is 3.31. The Morgan fingerprint density at radius 1 is 1.26 bits per heavy atom. The van der Waals surface area contributed by atoms with Gasteiger partial charge in [0.1, 0.15) is 5.01 Å². The second-order valence-electron chi connectivity index (χ2n) is 6.28. The van der Waals surface area contributed by atoms with Crippen LogP contribution in [0.25, 0.3) is 10.6 Å². The highest BCUT2D eigenvalue weighted by Gasteiger charge is 2.35. The van der Waals surface area contributed by atoms with Crippen LogP contribution in [-0.2, 0) is 4.79 Å². The van der Waals surface area contributed by atoms with E-state index in [-0.39, 0.29) is 23.6 Å². The van der Waals surface area contributed by atoms with Crippen molar-refractivity contribution >= 4 is 39.7 Å². The predicted molar refractivity (Wildman–Crippen MR) is 103 cm³/mol. The molecule has 27 heavy (non-hydrogen) atoms. The third kappa shape index (κ3) is 2.95. The van der Waals surface area contributed by atoms with Crippen LogP contribution in [0.1, 0.15) is 24.4 Å². The molecule has 2 N–H and O–H groups in total. The van der Waals surface area contributed by atoms with Gasteiger partial charge in [-0.1, -0.05) is 11.3 Å². The van der Waals surface area contributed by atoms with Gasteiger partial charge in [-0.3, -0.25) is 9.59 Å². The minimum absolute atomic E-state index is 0.0817. The molecule has 1 atom stereocenters. The van der Waals surface area contributed by atoms with Crippen LogP contribution in [0, 0.1) is 0 Å². The normalized spacial score (nSPS) is 16.3. The molecule has 4 rings (SSSR count). The molecule has 0 fully saturated rings. The van der Waals surface area contributed by atoms with Crippen LogP contribution in [-0.4, -0.2) is 34.6 Å². The summed E-state index contributed by atoms with van der Waals surface area (Å²) in [6.45, 7) is 3.78. The number of furan rings is 1. The van der Waals surface area contributed by atoms with Crippen LogP contribution in [0.5, 0.6) is 0 Å². The molecule has 8 nitrogen and oxygen atoms in total. The third-order valence-electron chi connectivity index (χ3n) is 4.42. The molecular weight excluding hydrogens is 366 g/mol. The molecule has 0 radical (unpaired) electrons. The van der Waals surface area contributed by atoms with E-state index >= 15 is 0 Å². The number of fused-ring (bicyclic) bond motifs is 1. The largest absolute Gasteiger partial charge is 0.459 e. The standard InChI is InChI=1S/C18H17N5O3S/c1-10-9-22(17(25)15-4-3-7-26-15)14-8-12(16-20-21-18(19)27-16)5-6-13(14)23(10)11(2)24/h3-8,10H,9H2,1-2H3,(H2,19,21)/t10-/m0/s1. The number of aromatic nitrogens is 2. The van der Waals surface area contributed by atoms with Crippen LogP contribution >= 0.6 is 11.3 Å². The summed E-state index contributed by atoms with van der Waals surface area (Å²) in [6, 6.07) is 8.63. The quantitative estimate of drug-likeness (QED) is 0.729. The number of amides is 2. The lowest BCUT2D eigenvalue weighted by atomic mass is 10.0. The van der Waals surface area contributed by atoms with Gasteiger partial charge in [-0.2, -0.15) is 0 Å². The van der Waals surface area contributed by atoms with Gasteiger partial charge < -0.3 is 20.0 Å². The molecule has 9 heteroatoms. The summed E-state index contributed by atoms with van der Waals surface area (Å²) in [5, 5.41) is 8.92. The fraction of sp³-hybridized carbons (Fsp3) is 0.222. The number of carbonyl (C=O) groups is 2. The zero-order valence-electron chi connectivity index (χ0n) is 14.7. The smallest absolute Gasteiger partial charge is 0.294 e. The van der Waals surface area contributed by atoms with E-state index in [2.05, 4.69) is 10.2 Å². The summed E-state index contributed by atoms with van der Waals surface area (Å²) in [4.78, 5) is 28.5. The monoisotopic (exact) mass is 383 g/mol. The number of benzene rings is 1. The van der Waals surface area contributed by atoms with E-state index in [0.29, 0.717) is 28.1 Å². The first-order valence-electron chi connectivity index (χ1n) is 8.34. The molecule has 3 aromatic rings. The van der Waals surface area contributed by atoms with Crippen LogP contribution in [0.15, 0.2) is 41.0 Å². The van der Waals surface area contributed by atoms with Gasteiger partial charge in [-0.25, -0.2) is 0 Å². The number of rotatable bonds is 2. The maximum absolute atomic E-state index is 13.0. The van der Waals surface area contributed by atoms with Crippen molar-refractivity contribution in [3.63, 3.8) is 0 Å². The molecule has 0 saturated heterocycles. The molecule has 2 amide bonds. The summed E-state index contributed by atoms with van der Waals surface area (Å²) >= 11 is 1.26. The first-order chi connectivity index (χ1) is 13.0. The lowest BCUT2D eigenvalue weighted by molar-refractivity contribution is -0.117. The van der Waals surface area contributed by atoms with Gasteiger partial charge >= 0.3 is 0 Å². The fourth-order valence-electron chi connectivity index (χ4n) is 3.31. The van der Waals surface area contributed by atoms with E-state index in [4.69, 9.17) is 10.2 Å². The zero-order chi connectivity index (χ0) is 19.1. The second-order valence-corrected chi connectivity index (χ2v) is 7.29. The molecular formula is C18H17N5O3S. The highest BCUT2D eigenvalue weighted by atomic mass is 32.1. The number of carbonyl (C=O) groups excluding carboxylic acids is 2. The number of nitrogen functional groups attached to an aromatic ring is 1. The number of hydrogen-bond donors (Lipinski definition) is 1. The molecule has 1 aliphatic heterocycles. The lowest BCUT2D eigenvalue weighted by Gasteiger charge is -2.40. The first kappa shape index (κ1) is 17.2. The van der Waals surface area contributed by atoms with Gasteiger partial charge in [-0.15, -0.1) is 10.2 Å². The average molecular weight is 383 g/mol. The Hall–Kier alpha value is -3.20. The van der Waals surface area contributed by atoms with Gasteiger partial charge in [0, 0.05) is 19.0 Å². The predicted octanol–water partition coefficient (Wildman–Crippen LogP) is 2.78. The maximum atomic E-state index is 13.0. The number of nitrogens with two attached hydrogens (primary N) is 1. The Morgan fingerprint density at radius 3 is 2.70 bits per heavy atom. The van der Waals surface area contributed by atoms with E-state index in [1.165, 1.54) is 24.5 Å². The Kier molecular flexibility index (Phi) is 4.15. The van der Waals surface area contributed by atoms with E-state index in [9.17, 15) is 9.59 Å². The number of anilines is 3. The lowest BCUT2D eigenvalue weighted by Crippen LogP contribution is -2.51. The molecule has 0 bridgehead atoms. The second kappa shape index (κ2) is 6.51. The van der Waals surface area contributed by atoms with Crippen LogP contribution < -0.4 is 15.5 Å². The van der Waals surface area contributed by atoms with Crippen molar-refractivity contribution in [2.45, 2.75) is 19.9 Å². The van der Waals surface area contributed by atoms with Crippen molar-refractivity contribution in [2.24, 2.45) is 0 Å². The highest BCUT2D eigenvalue weighted by molar-refractivity contribution is 7.18. The highest BCUT2D eigenvalue weighted by Crippen LogP contribution is 2.40. The first-order valence-corrected chi connectivity index (χ1v) is 9.16. The van der Waals surface area contributed by atoms with Gasteiger partial charge in [0.25, 0.3) is 5.91 Å². The van der Waals surface area contributed by atoms with Crippen molar-refractivity contribution in [3.05, 3.63) is 42.4 Å². The maximum Gasteiger partial charge on any atom is 0.294 e. The van der Waals surface area contributed by atoms with Crippen molar-refractivity contribution in [1.29, 1.82) is 0 Å². The van der Waals surface area contributed by atoms with Gasteiger partial charge in [0.05, 0.1) is 23.7 Å². The fourth-order valence-corrected chi connectivity index (χ4v) is 3.92. The molecule has 0 unspecified atom stereocenters. The topological polar surface area (TPSA) is 106 Å². The van der Waals surface area contributed by atoms with E-state index in [1.54, 1.807) is 21.9 Å². The van der Waals surface area contributed by atoms with Gasteiger partial charge in [0.15, 0.2) is 5.76 Å². The van der Waals surface area contributed by atoms with Crippen LogP contribution in [0.2, 0.25) is 0 Å². The minimum Gasteiger partial charge on any atom is -0.459 e. The minimum atomic E-state index is -0.259. The third-order valence-corrected chi connectivity index (χ3v) is 5.22. The summed E-state index contributed by atoms with van der Waals surface area (Å²) in [5.74, 6) is -0.0954. The van der Waals surface area contributed by atoms with Crippen molar-refractivity contribution in [3.8, 4) is 10.6 Å². The SMILES string of the molecule is CC(=O)N1c2ccc(-c3nnc(N)s3)cc2N(C(=O)c2ccco2)C[C@@H]1C. The summed E-state index contributed by atoms with van der Waals surface area (Å²) in [5.41, 5.74) is 7.75. The Labute approximate surface area is 159 Å². The molecule has 138 valence electrons. The van der Waals surface area contributed by atoms with Crippen LogP contribution in [0.3, 0.4) is 0 Å². The Morgan fingerprint density at radius 2 is 2.07 bits per heavy atom. The summed E-state index contributed by atoms with van der Waals surface area (Å²) in [6.07, 6.45) is 1.46. The zero-order valence-corrected chi connectivity index (χ0v) is 15.6. The van der Waals surface area contributed by atoms with Crippen LogP contribution in [0.4, 0.5) is 16.5 Å². The van der Waals surface area contributed by atoms with E-state index in [0.717, 1.165) is 5.56 Å². The Bertz CT molecular complexity index is 1010. The molecule has 0 spiro atoms. The molecule has 0 saturated carbocycles. The Balaban J connectivity index is 1.85. The number of nitrogens with zero attached hydrogens (tertiary/aromatic N) is 4. The summed E-state index contributed by atoms with van der Waals surface area (Å²) in [7, 11) is 0. The molecule has 3 heterocycles. The molecule has 0 aliphatic carbocycles. The van der Waals surface area contributed by atoms with E-state index in [1.807, 2.05) is 25.1 Å². The van der Waals surface area contributed by atoms with Gasteiger partial charge in [-0.05, 0) is 37.3 Å². The molecule has 1 aliphatic rings. The molecule has 1 aromatic carbocycles. The van der Waals surface area contributed by atoms with Crippen molar-refractivity contribution < 1.29 is 14.0 Å². The van der Waals surface area contributed by atoms with Gasteiger partial charge in [0.2, 0.25) is 11.0 Å². The summed E-state index contributed by atoms with van der Waals surface area (Å²) < 4.78 is 5.28. The number of hydrogen-bond acceptors (Lipinski definition) is 7. The van der Waals surface area contributed by atoms with Crippen molar-refractivity contribution in [1.82, 2.24) is 10.2 Å².